The van der Waals surface area contributed by atoms with E-state index in [2.05, 4.69) is 26.1 Å². The number of nitrogens with zero attached hydrogens (tertiary/aromatic N) is 2. The Morgan fingerprint density at radius 3 is 2.88 bits per heavy atom. The van der Waals surface area contributed by atoms with Gasteiger partial charge in [0.25, 0.3) is 5.89 Å². The molecule has 0 radical (unpaired) electrons. The van der Waals surface area contributed by atoms with Gasteiger partial charge in [-0.3, -0.25) is 0 Å². The van der Waals surface area contributed by atoms with Gasteiger partial charge >= 0.3 is 0 Å². The van der Waals surface area contributed by atoms with E-state index in [1.165, 1.54) is 6.07 Å². The Balaban J connectivity index is 2.51. The first kappa shape index (κ1) is 11.2. The highest BCUT2D eigenvalue weighted by atomic mass is 79.9. The normalized spacial score (nSPS) is 10.8. The summed E-state index contributed by atoms with van der Waals surface area (Å²) in [6.07, 6.45) is 0. The van der Waals surface area contributed by atoms with Crippen molar-refractivity contribution in [2.45, 2.75) is 13.5 Å². The van der Waals surface area contributed by atoms with Crippen molar-refractivity contribution < 1.29 is 14.0 Å². The van der Waals surface area contributed by atoms with E-state index in [4.69, 9.17) is 9.63 Å². The number of hydrogen-bond acceptors (Lipinski definition) is 4. The molecule has 2 rings (SSSR count). The number of aliphatic hydroxyl groups excluding tert-OH is 1. The highest BCUT2D eigenvalue weighted by Crippen LogP contribution is 2.28. The molecule has 1 N–H and O–H groups in total. The van der Waals surface area contributed by atoms with Gasteiger partial charge in [-0.1, -0.05) is 5.16 Å². The molecule has 0 unspecified atom stereocenters. The van der Waals surface area contributed by atoms with Crippen LogP contribution in [0.5, 0.6) is 0 Å². The smallest absolute Gasteiger partial charge is 0.252 e. The molecule has 0 aliphatic rings. The summed E-state index contributed by atoms with van der Waals surface area (Å²) in [5.74, 6) is 0.143. The average molecular weight is 287 g/mol. The third-order valence-corrected chi connectivity index (χ3v) is 2.75. The summed E-state index contributed by atoms with van der Waals surface area (Å²) in [5.41, 5.74) is 1.12. The van der Waals surface area contributed by atoms with E-state index in [0.29, 0.717) is 21.4 Å². The molecule has 0 fully saturated rings. The highest BCUT2D eigenvalue weighted by molar-refractivity contribution is 9.10. The molecule has 0 amide bonds. The van der Waals surface area contributed by atoms with Crippen molar-refractivity contribution in [1.29, 1.82) is 0 Å². The Bertz CT molecular complexity index is 528. The van der Waals surface area contributed by atoms with Gasteiger partial charge in [0.05, 0.1) is 0 Å². The van der Waals surface area contributed by atoms with E-state index in [1.807, 2.05) is 0 Å². The van der Waals surface area contributed by atoms with Gasteiger partial charge in [0.1, 0.15) is 12.4 Å². The summed E-state index contributed by atoms with van der Waals surface area (Å²) >= 11 is 3.22. The number of aryl methyl sites for hydroxylation is 1. The van der Waals surface area contributed by atoms with Crippen LogP contribution in [0.4, 0.5) is 4.39 Å². The van der Waals surface area contributed by atoms with Crippen molar-refractivity contribution in [3.63, 3.8) is 0 Å². The lowest BCUT2D eigenvalue weighted by atomic mass is 10.1. The predicted molar refractivity (Wildman–Crippen MR) is 58.1 cm³/mol. The molecule has 4 nitrogen and oxygen atoms in total. The first-order valence-corrected chi connectivity index (χ1v) is 5.30. The van der Waals surface area contributed by atoms with Gasteiger partial charge in [-0.2, -0.15) is 4.98 Å². The van der Waals surface area contributed by atoms with Crippen molar-refractivity contribution >= 4 is 15.9 Å². The van der Waals surface area contributed by atoms with Gasteiger partial charge in [-0.25, -0.2) is 4.39 Å². The fourth-order valence-electron chi connectivity index (χ4n) is 1.26. The van der Waals surface area contributed by atoms with E-state index in [-0.39, 0.29) is 18.3 Å². The van der Waals surface area contributed by atoms with E-state index >= 15 is 0 Å². The zero-order valence-electron chi connectivity index (χ0n) is 8.37. The largest absolute Gasteiger partial charge is 0.387 e. The molecule has 0 atom stereocenters. The maximum absolute atomic E-state index is 13.2. The van der Waals surface area contributed by atoms with Crippen LogP contribution in [-0.4, -0.2) is 15.2 Å². The maximum atomic E-state index is 13.2. The van der Waals surface area contributed by atoms with Gasteiger partial charge in [0.15, 0.2) is 0 Å². The third kappa shape index (κ3) is 1.98. The highest BCUT2D eigenvalue weighted by Gasteiger charge is 2.13. The van der Waals surface area contributed by atoms with Gasteiger partial charge in [-0.15, -0.1) is 0 Å². The van der Waals surface area contributed by atoms with E-state index < -0.39 is 0 Å². The molecule has 0 aliphatic carbocycles. The van der Waals surface area contributed by atoms with Crippen molar-refractivity contribution in [2.24, 2.45) is 0 Å². The summed E-state index contributed by atoms with van der Waals surface area (Å²) in [6.45, 7) is 1.34. The quantitative estimate of drug-likeness (QED) is 0.921. The third-order valence-electron chi connectivity index (χ3n) is 2.09. The van der Waals surface area contributed by atoms with Crippen LogP contribution < -0.4 is 0 Å². The number of benzene rings is 1. The van der Waals surface area contributed by atoms with Crippen molar-refractivity contribution in [3.05, 3.63) is 33.9 Å². The predicted octanol–water partition coefficient (Wildman–Crippen LogP) is 2.44. The van der Waals surface area contributed by atoms with E-state index in [0.717, 1.165) is 0 Å². The standard InChI is InChI=1S/C10H8BrFN2O2/c1-5-2-6(7(11)3-8(5)12)10-13-9(4-15)16-14-10/h2-3,15H,4H2,1H3. The first-order valence-electron chi connectivity index (χ1n) is 4.51. The zero-order valence-corrected chi connectivity index (χ0v) is 9.95. The number of hydrogen-bond donors (Lipinski definition) is 1. The Morgan fingerprint density at radius 2 is 2.25 bits per heavy atom. The van der Waals surface area contributed by atoms with Crippen LogP contribution >= 0.6 is 15.9 Å². The van der Waals surface area contributed by atoms with E-state index in [1.54, 1.807) is 13.0 Å². The maximum Gasteiger partial charge on any atom is 0.252 e. The van der Waals surface area contributed by atoms with Gasteiger partial charge < -0.3 is 9.63 Å². The Hall–Kier alpha value is -1.27. The molecule has 0 spiro atoms. The van der Waals surface area contributed by atoms with Gasteiger partial charge in [-0.05, 0) is 40.5 Å². The fourth-order valence-corrected chi connectivity index (χ4v) is 1.75. The molecule has 1 aromatic heterocycles. The minimum Gasteiger partial charge on any atom is -0.387 e. The number of aliphatic hydroxyl groups is 1. The molecule has 1 heterocycles. The second-order valence-electron chi connectivity index (χ2n) is 3.25. The van der Waals surface area contributed by atoms with Crippen molar-refractivity contribution in [2.75, 3.05) is 0 Å². The van der Waals surface area contributed by atoms with Crippen LogP contribution in [-0.2, 0) is 6.61 Å². The lowest BCUT2D eigenvalue weighted by Crippen LogP contribution is -1.89. The second-order valence-corrected chi connectivity index (χ2v) is 4.11. The summed E-state index contributed by atoms with van der Waals surface area (Å²) in [5, 5.41) is 12.5. The lowest BCUT2D eigenvalue weighted by molar-refractivity contribution is 0.222. The molecule has 1 aromatic carbocycles. The molecular weight excluding hydrogens is 279 g/mol. The van der Waals surface area contributed by atoms with Crippen molar-refractivity contribution in [3.8, 4) is 11.4 Å². The fraction of sp³-hybridized carbons (Fsp3) is 0.200. The topological polar surface area (TPSA) is 59.2 Å². The average Bonchev–Trinajstić information content (AvgIpc) is 2.71. The van der Waals surface area contributed by atoms with Crippen LogP contribution in [0, 0.1) is 12.7 Å². The van der Waals surface area contributed by atoms with Crippen LogP contribution in [0.15, 0.2) is 21.1 Å². The zero-order chi connectivity index (χ0) is 11.7. The minimum atomic E-state index is -0.315. The summed E-state index contributed by atoms with van der Waals surface area (Å²) < 4.78 is 18.5. The monoisotopic (exact) mass is 286 g/mol. The van der Waals surface area contributed by atoms with Crippen LogP contribution in [0.2, 0.25) is 0 Å². The molecule has 0 saturated carbocycles. The van der Waals surface area contributed by atoms with Crippen LogP contribution in [0.1, 0.15) is 11.5 Å². The molecule has 84 valence electrons. The number of aromatic nitrogens is 2. The lowest BCUT2D eigenvalue weighted by Gasteiger charge is -2.02. The van der Waals surface area contributed by atoms with Gasteiger partial charge in [0.2, 0.25) is 5.82 Å². The number of rotatable bonds is 2. The second kappa shape index (κ2) is 4.31. The summed E-state index contributed by atoms with van der Waals surface area (Å²) in [7, 11) is 0. The molecule has 0 bridgehead atoms. The molecule has 2 aromatic rings. The Labute approximate surface area is 99.2 Å². The molecule has 0 aliphatic heterocycles. The molecular formula is C10H8BrFN2O2. The van der Waals surface area contributed by atoms with Crippen LogP contribution in [0.3, 0.4) is 0 Å². The first-order chi connectivity index (χ1) is 7.61. The van der Waals surface area contributed by atoms with Crippen LogP contribution in [0.25, 0.3) is 11.4 Å². The van der Waals surface area contributed by atoms with Crippen molar-refractivity contribution in [1.82, 2.24) is 10.1 Å². The minimum absolute atomic E-state index is 0.129. The molecule has 0 saturated heterocycles. The summed E-state index contributed by atoms with van der Waals surface area (Å²) in [6, 6.07) is 2.96. The van der Waals surface area contributed by atoms with E-state index in [9.17, 15) is 4.39 Å². The Morgan fingerprint density at radius 1 is 1.50 bits per heavy atom. The van der Waals surface area contributed by atoms with Gasteiger partial charge in [0, 0.05) is 10.0 Å². The summed E-state index contributed by atoms with van der Waals surface area (Å²) in [4.78, 5) is 3.95. The number of halogens is 2. The molecule has 6 heteroatoms. The SMILES string of the molecule is Cc1cc(-c2noc(CO)n2)c(Br)cc1F. The molecule has 16 heavy (non-hydrogen) atoms. The Kier molecular flexibility index (Phi) is 3.02.